The summed E-state index contributed by atoms with van der Waals surface area (Å²) in [4.78, 5) is 3.96. The molecule has 0 saturated heterocycles. The first-order valence-electron chi connectivity index (χ1n) is 4.62. The minimum atomic E-state index is -0.834. The Hall–Kier alpha value is -1.13. The van der Waals surface area contributed by atoms with Crippen LogP contribution in [0.4, 0.5) is 5.82 Å². The molecule has 1 heterocycles. The van der Waals surface area contributed by atoms with Gasteiger partial charge in [-0.15, -0.1) is 0 Å². The van der Waals surface area contributed by atoms with Gasteiger partial charge in [-0.3, -0.25) is 0 Å². The Morgan fingerprint density at radius 2 is 2.36 bits per heavy atom. The first-order chi connectivity index (χ1) is 6.65. The summed E-state index contributed by atoms with van der Waals surface area (Å²) in [7, 11) is 1.65. The summed E-state index contributed by atoms with van der Waals surface area (Å²) in [6.45, 7) is 0. The predicted octanol–water partition coefficient (Wildman–Crippen LogP) is 0.660. The highest BCUT2D eigenvalue weighted by atomic mass is 16.5. The molecule has 4 heteroatoms. The van der Waals surface area contributed by atoms with E-state index in [1.54, 1.807) is 19.4 Å². The van der Waals surface area contributed by atoms with E-state index in [2.05, 4.69) is 4.98 Å². The number of nitrogens with zero attached hydrogens (tertiary/aromatic N) is 1. The van der Waals surface area contributed by atoms with Crippen LogP contribution in [0.1, 0.15) is 18.4 Å². The maximum absolute atomic E-state index is 10.2. The standard InChI is InChI=1S/C10H14N2O2/c1-14-7-5-10(13,6-7)8-3-2-4-12-9(8)11/h2-4,7,13H,5-6H2,1H3,(H2,11,12). The van der Waals surface area contributed by atoms with Crippen LogP contribution in [0.2, 0.25) is 0 Å². The van der Waals surface area contributed by atoms with Gasteiger partial charge >= 0.3 is 0 Å². The Kier molecular flexibility index (Phi) is 2.17. The van der Waals surface area contributed by atoms with Crippen molar-refractivity contribution in [2.75, 3.05) is 12.8 Å². The maximum Gasteiger partial charge on any atom is 0.129 e. The van der Waals surface area contributed by atoms with Crippen LogP contribution in [0.15, 0.2) is 18.3 Å². The summed E-state index contributed by atoms with van der Waals surface area (Å²) in [6.07, 6.45) is 2.95. The zero-order chi connectivity index (χ0) is 10.2. The third-order valence-corrected chi connectivity index (χ3v) is 2.80. The van der Waals surface area contributed by atoms with Gasteiger partial charge in [-0.05, 0) is 6.07 Å². The quantitative estimate of drug-likeness (QED) is 0.725. The lowest BCUT2D eigenvalue weighted by molar-refractivity contribution is -0.132. The van der Waals surface area contributed by atoms with Gasteiger partial charge in [0.05, 0.1) is 11.7 Å². The molecular weight excluding hydrogens is 180 g/mol. The molecule has 14 heavy (non-hydrogen) atoms. The number of nitrogens with two attached hydrogens (primary N) is 1. The van der Waals surface area contributed by atoms with Crippen LogP contribution in [0.3, 0.4) is 0 Å². The molecule has 0 aliphatic heterocycles. The van der Waals surface area contributed by atoms with Crippen molar-refractivity contribution in [2.45, 2.75) is 24.5 Å². The number of anilines is 1. The van der Waals surface area contributed by atoms with Gasteiger partial charge in [0.1, 0.15) is 5.82 Å². The number of aliphatic hydroxyl groups is 1. The van der Waals surface area contributed by atoms with E-state index in [0.29, 0.717) is 24.2 Å². The molecule has 4 nitrogen and oxygen atoms in total. The molecule has 0 bridgehead atoms. The summed E-state index contributed by atoms with van der Waals surface area (Å²) < 4.78 is 5.12. The van der Waals surface area contributed by atoms with Crippen molar-refractivity contribution in [3.63, 3.8) is 0 Å². The molecule has 1 aliphatic carbocycles. The van der Waals surface area contributed by atoms with E-state index in [0.717, 1.165) is 0 Å². The second kappa shape index (κ2) is 3.22. The fourth-order valence-corrected chi connectivity index (χ4v) is 1.89. The second-order valence-corrected chi connectivity index (χ2v) is 3.73. The lowest BCUT2D eigenvalue weighted by Gasteiger charge is -2.43. The van der Waals surface area contributed by atoms with Gasteiger partial charge in [0.2, 0.25) is 0 Å². The predicted molar refractivity (Wildman–Crippen MR) is 52.6 cm³/mol. The summed E-state index contributed by atoms with van der Waals surface area (Å²) in [5.41, 5.74) is 5.57. The molecule has 0 unspecified atom stereocenters. The fourth-order valence-electron chi connectivity index (χ4n) is 1.89. The Morgan fingerprint density at radius 1 is 1.64 bits per heavy atom. The van der Waals surface area contributed by atoms with Crippen LogP contribution in [0, 0.1) is 0 Å². The Morgan fingerprint density at radius 3 is 2.93 bits per heavy atom. The van der Waals surface area contributed by atoms with Crippen molar-refractivity contribution in [3.05, 3.63) is 23.9 Å². The van der Waals surface area contributed by atoms with E-state index in [9.17, 15) is 5.11 Å². The van der Waals surface area contributed by atoms with Crippen molar-refractivity contribution in [1.29, 1.82) is 0 Å². The monoisotopic (exact) mass is 194 g/mol. The molecule has 0 aromatic carbocycles. The first kappa shape index (κ1) is 9.43. The molecule has 2 rings (SSSR count). The van der Waals surface area contributed by atoms with Crippen LogP contribution < -0.4 is 5.73 Å². The molecule has 1 aromatic heterocycles. The van der Waals surface area contributed by atoms with Crippen LogP contribution in [0.25, 0.3) is 0 Å². The topological polar surface area (TPSA) is 68.4 Å². The molecule has 0 spiro atoms. The number of aromatic nitrogens is 1. The van der Waals surface area contributed by atoms with E-state index < -0.39 is 5.60 Å². The van der Waals surface area contributed by atoms with Gasteiger partial charge in [0.15, 0.2) is 0 Å². The Balaban J connectivity index is 2.21. The number of rotatable bonds is 2. The third kappa shape index (κ3) is 1.36. The van der Waals surface area contributed by atoms with E-state index in [1.807, 2.05) is 6.07 Å². The Bertz CT molecular complexity index is 335. The van der Waals surface area contributed by atoms with E-state index in [4.69, 9.17) is 10.5 Å². The fraction of sp³-hybridized carbons (Fsp3) is 0.500. The minimum Gasteiger partial charge on any atom is -0.385 e. The molecule has 76 valence electrons. The zero-order valence-electron chi connectivity index (χ0n) is 8.10. The average Bonchev–Trinajstić information content (AvgIpc) is 2.13. The average molecular weight is 194 g/mol. The number of hydrogen-bond acceptors (Lipinski definition) is 4. The van der Waals surface area contributed by atoms with Crippen LogP contribution in [-0.4, -0.2) is 23.3 Å². The largest absolute Gasteiger partial charge is 0.385 e. The van der Waals surface area contributed by atoms with Crippen LogP contribution in [0.5, 0.6) is 0 Å². The van der Waals surface area contributed by atoms with E-state index in [-0.39, 0.29) is 6.10 Å². The molecule has 3 N–H and O–H groups in total. The number of ether oxygens (including phenoxy) is 1. The minimum absolute atomic E-state index is 0.139. The summed E-state index contributed by atoms with van der Waals surface area (Å²) in [6, 6.07) is 3.60. The molecule has 1 aromatic rings. The van der Waals surface area contributed by atoms with E-state index >= 15 is 0 Å². The van der Waals surface area contributed by atoms with Crippen molar-refractivity contribution in [3.8, 4) is 0 Å². The SMILES string of the molecule is COC1CC(O)(c2cccnc2N)C1. The zero-order valence-corrected chi connectivity index (χ0v) is 8.10. The highest BCUT2D eigenvalue weighted by Crippen LogP contribution is 2.44. The van der Waals surface area contributed by atoms with Crippen molar-refractivity contribution < 1.29 is 9.84 Å². The number of methoxy groups -OCH3 is 1. The second-order valence-electron chi connectivity index (χ2n) is 3.73. The number of nitrogen functional groups attached to an aromatic ring is 1. The van der Waals surface area contributed by atoms with Gasteiger partial charge < -0.3 is 15.6 Å². The lowest BCUT2D eigenvalue weighted by Crippen LogP contribution is -2.45. The molecular formula is C10H14N2O2. The van der Waals surface area contributed by atoms with Crippen LogP contribution in [-0.2, 0) is 10.3 Å². The number of hydrogen-bond donors (Lipinski definition) is 2. The van der Waals surface area contributed by atoms with Crippen molar-refractivity contribution in [1.82, 2.24) is 4.98 Å². The normalized spacial score (nSPS) is 31.1. The maximum atomic E-state index is 10.2. The summed E-state index contributed by atoms with van der Waals surface area (Å²) in [5.74, 6) is 0.407. The molecule has 1 fully saturated rings. The third-order valence-electron chi connectivity index (χ3n) is 2.80. The Labute approximate surface area is 82.7 Å². The van der Waals surface area contributed by atoms with Crippen molar-refractivity contribution >= 4 is 5.82 Å². The summed E-state index contributed by atoms with van der Waals surface area (Å²) in [5, 5.41) is 10.2. The molecule has 1 aliphatic rings. The van der Waals surface area contributed by atoms with Gasteiger partial charge in [-0.2, -0.15) is 0 Å². The van der Waals surface area contributed by atoms with E-state index in [1.165, 1.54) is 0 Å². The van der Waals surface area contributed by atoms with Crippen molar-refractivity contribution in [2.24, 2.45) is 0 Å². The van der Waals surface area contributed by atoms with Gasteiger partial charge in [-0.25, -0.2) is 4.98 Å². The summed E-state index contributed by atoms with van der Waals surface area (Å²) >= 11 is 0. The smallest absolute Gasteiger partial charge is 0.129 e. The van der Waals surface area contributed by atoms with Crippen LogP contribution >= 0.6 is 0 Å². The molecule has 0 atom stereocenters. The highest BCUT2D eigenvalue weighted by Gasteiger charge is 2.45. The highest BCUT2D eigenvalue weighted by molar-refractivity contribution is 5.44. The number of pyridine rings is 1. The van der Waals surface area contributed by atoms with Gasteiger partial charge in [-0.1, -0.05) is 6.07 Å². The molecule has 0 amide bonds. The molecule has 0 radical (unpaired) electrons. The lowest BCUT2D eigenvalue weighted by atomic mass is 9.73. The molecule has 1 saturated carbocycles. The first-order valence-corrected chi connectivity index (χ1v) is 4.62. The van der Waals surface area contributed by atoms with Gasteiger partial charge in [0.25, 0.3) is 0 Å². The van der Waals surface area contributed by atoms with Gasteiger partial charge in [0, 0.05) is 31.7 Å².